The lowest BCUT2D eigenvalue weighted by atomic mass is 9.98. The maximum absolute atomic E-state index is 13.2. The summed E-state index contributed by atoms with van der Waals surface area (Å²) in [5.41, 5.74) is 0.257. The van der Waals surface area contributed by atoms with Crippen molar-refractivity contribution in [1.82, 2.24) is 10.3 Å². The molecule has 2 heterocycles. The van der Waals surface area contributed by atoms with Crippen LogP contribution >= 0.6 is 0 Å². The molecule has 0 bridgehead atoms. The number of halogens is 4. The molecule has 1 unspecified atom stereocenters. The molecule has 0 aliphatic carbocycles. The third kappa shape index (κ3) is 5.29. The molecule has 8 heteroatoms. The molecule has 4 nitrogen and oxygen atoms in total. The predicted octanol–water partition coefficient (Wildman–Crippen LogP) is 4.90. The smallest absolute Gasteiger partial charge is 0.356 e. The number of nitrogens with zero attached hydrogens (tertiary/aromatic N) is 2. The highest BCUT2D eigenvalue weighted by Crippen LogP contribution is 2.32. The van der Waals surface area contributed by atoms with Crippen molar-refractivity contribution in [2.75, 3.05) is 18.0 Å². The van der Waals surface area contributed by atoms with Gasteiger partial charge in [-0.2, -0.15) is 13.2 Å². The van der Waals surface area contributed by atoms with Crippen molar-refractivity contribution in [3.63, 3.8) is 0 Å². The monoisotopic (exact) mass is 423 g/mol. The van der Waals surface area contributed by atoms with Gasteiger partial charge in [-0.1, -0.05) is 25.1 Å². The van der Waals surface area contributed by atoms with Gasteiger partial charge >= 0.3 is 6.18 Å². The molecule has 1 atom stereocenters. The molecule has 1 fully saturated rings. The van der Waals surface area contributed by atoms with E-state index in [9.17, 15) is 22.4 Å². The Labute approximate surface area is 173 Å². The Hall–Kier alpha value is -2.64. The Bertz CT molecular complexity index is 875. The van der Waals surface area contributed by atoms with Crippen molar-refractivity contribution in [2.45, 2.75) is 45.3 Å². The highest BCUT2D eigenvalue weighted by atomic mass is 19.4. The Balaban J connectivity index is 1.77. The first kappa shape index (κ1) is 22.1. The fourth-order valence-corrected chi connectivity index (χ4v) is 3.51. The van der Waals surface area contributed by atoms with Crippen molar-refractivity contribution in [3.05, 3.63) is 59.0 Å². The van der Waals surface area contributed by atoms with Gasteiger partial charge in [0.1, 0.15) is 17.3 Å². The number of carbonyl (C=O) groups is 1. The van der Waals surface area contributed by atoms with E-state index in [1.54, 1.807) is 19.1 Å². The first-order chi connectivity index (χ1) is 14.1. The van der Waals surface area contributed by atoms with E-state index < -0.39 is 17.8 Å². The lowest BCUT2D eigenvalue weighted by Crippen LogP contribution is -2.35. The van der Waals surface area contributed by atoms with Crippen molar-refractivity contribution in [1.29, 1.82) is 0 Å². The van der Waals surface area contributed by atoms with Crippen molar-refractivity contribution in [2.24, 2.45) is 5.92 Å². The van der Waals surface area contributed by atoms with E-state index in [0.717, 1.165) is 18.9 Å². The standard InChI is InChI=1S/C22H25F4N3O/c1-14-9-11-29(12-10-14)20-17(5-8-19(28-20)22(24,25)26)13-27-21(30)15(2)16-3-6-18(23)7-4-16/h3-8,14-15H,9-13H2,1-2H3,(H,27,30). The van der Waals surface area contributed by atoms with Crippen LogP contribution in [0.4, 0.5) is 23.4 Å². The normalized spacial score (nSPS) is 16.4. The number of hydrogen-bond acceptors (Lipinski definition) is 3. The molecule has 1 amide bonds. The summed E-state index contributed by atoms with van der Waals surface area (Å²) in [4.78, 5) is 18.3. The van der Waals surface area contributed by atoms with Crippen LogP contribution in [0.25, 0.3) is 0 Å². The summed E-state index contributed by atoms with van der Waals surface area (Å²) in [6, 6.07) is 7.98. The van der Waals surface area contributed by atoms with Crippen molar-refractivity contribution in [3.8, 4) is 0 Å². The van der Waals surface area contributed by atoms with Gasteiger partial charge in [-0.3, -0.25) is 4.79 Å². The molecule has 1 saturated heterocycles. The minimum atomic E-state index is -4.53. The Kier molecular flexibility index (Phi) is 6.63. The number of rotatable bonds is 5. The van der Waals surface area contributed by atoms with Gasteiger partial charge in [0.05, 0.1) is 5.92 Å². The fourth-order valence-electron chi connectivity index (χ4n) is 3.51. The third-order valence-electron chi connectivity index (χ3n) is 5.55. The molecule has 3 rings (SSSR count). The SMILES string of the molecule is CC1CCN(c2nc(C(F)(F)F)ccc2CNC(=O)C(C)c2ccc(F)cc2)CC1. The summed E-state index contributed by atoms with van der Waals surface area (Å²) in [6.07, 6.45) is -2.77. The van der Waals surface area contributed by atoms with Gasteiger partial charge < -0.3 is 10.2 Å². The van der Waals surface area contributed by atoms with Gasteiger partial charge in [0, 0.05) is 25.2 Å². The van der Waals surface area contributed by atoms with Crippen LogP contribution in [0, 0.1) is 11.7 Å². The van der Waals surface area contributed by atoms with Crippen LogP contribution in [0.15, 0.2) is 36.4 Å². The van der Waals surface area contributed by atoms with Crippen LogP contribution in [-0.4, -0.2) is 24.0 Å². The molecule has 1 aliphatic heterocycles. The number of carbonyl (C=O) groups excluding carboxylic acids is 1. The summed E-state index contributed by atoms with van der Waals surface area (Å²) in [5.74, 6) is -0.409. The van der Waals surface area contributed by atoms with E-state index in [0.29, 0.717) is 30.1 Å². The predicted molar refractivity (Wildman–Crippen MR) is 107 cm³/mol. The Morgan fingerprint density at radius 3 is 2.40 bits per heavy atom. The summed E-state index contributed by atoms with van der Waals surface area (Å²) >= 11 is 0. The Morgan fingerprint density at radius 2 is 1.80 bits per heavy atom. The zero-order valence-electron chi connectivity index (χ0n) is 17.0. The van der Waals surface area contributed by atoms with E-state index >= 15 is 0 Å². The zero-order valence-corrected chi connectivity index (χ0v) is 17.0. The molecule has 1 N–H and O–H groups in total. The maximum atomic E-state index is 13.2. The number of nitrogens with one attached hydrogen (secondary N) is 1. The van der Waals surface area contributed by atoms with Gasteiger partial charge in [0.2, 0.25) is 5.91 Å². The number of pyridine rings is 1. The number of benzene rings is 1. The second-order valence-corrected chi connectivity index (χ2v) is 7.84. The molecule has 0 spiro atoms. The first-order valence-corrected chi connectivity index (χ1v) is 10.0. The molecular formula is C22H25F4N3O. The zero-order chi connectivity index (χ0) is 21.9. The highest BCUT2D eigenvalue weighted by molar-refractivity contribution is 5.83. The van der Waals surface area contributed by atoms with Crippen LogP contribution in [0.2, 0.25) is 0 Å². The number of anilines is 1. The van der Waals surface area contributed by atoms with Gasteiger partial charge in [-0.25, -0.2) is 9.37 Å². The molecule has 0 saturated carbocycles. The van der Waals surface area contributed by atoms with E-state index in [1.807, 2.05) is 4.90 Å². The second kappa shape index (κ2) is 9.02. The summed E-state index contributed by atoms with van der Waals surface area (Å²) in [5, 5.41) is 2.78. The molecular weight excluding hydrogens is 398 g/mol. The average molecular weight is 423 g/mol. The van der Waals surface area contributed by atoms with Crippen molar-refractivity contribution < 1.29 is 22.4 Å². The summed E-state index contributed by atoms with van der Waals surface area (Å²) in [7, 11) is 0. The third-order valence-corrected chi connectivity index (χ3v) is 5.55. The minimum absolute atomic E-state index is 0.0664. The lowest BCUT2D eigenvalue weighted by molar-refractivity contribution is -0.141. The molecule has 1 aromatic carbocycles. The van der Waals surface area contributed by atoms with E-state index in [2.05, 4.69) is 17.2 Å². The molecule has 162 valence electrons. The van der Waals surface area contributed by atoms with E-state index in [-0.39, 0.29) is 24.1 Å². The first-order valence-electron chi connectivity index (χ1n) is 10.0. The van der Waals surface area contributed by atoms with Gasteiger partial charge in [0.15, 0.2) is 0 Å². The molecule has 0 radical (unpaired) electrons. The molecule has 30 heavy (non-hydrogen) atoms. The summed E-state index contributed by atoms with van der Waals surface area (Å²) in [6.45, 7) is 5.14. The maximum Gasteiger partial charge on any atom is 0.433 e. The topological polar surface area (TPSA) is 45.2 Å². The number of aromatic nitrogens is 1. The molecule has 2 aromatic rings. The van der Waals surface area contributed by atoms with E-state index in [1.165, 1.54) is 18.2 Å². The van der Waals surface area contributed by atoms with Gasteiger partial charge in [-0.15, -0.1) is 0 Å². The Morgan fingerprint density at radius 1 is 1.17 bits per heavy atom. The summed E-state index contributed by atoms with van der Waals surface area (Å²) < 4.78 is 52.7. The lowest BCUT2D eigenvalue weighted by Gasteiger charge is -2.33. The molecule has 1 aliphatic rings. The number of hydrogen-bond donors (Lipinski definition) is 1. The number of alkyl halides is 3. The quantitative estimate of drug-likeness (QED) is 0.696. The van der Waals surface area contributed by atoms with Gasteiger partial charge in [-0.05, 0) is 49.4 Å². The highest BCUT2D eigenvalue weighted by Gasteiger charge is 2.34. The average Bonchev–Trinajstić information content (AvgIpc) is 2.72. The second-order valence-electron chi connectivity index (χ2n) is 7.84. The van der Waals surface area contributed by atoms with Gasteiger partial charge in [0.25, 0.3) is 0 Å². The van der Waals surface area contributed by atoms with Crippen LogP contribution < -0.4 is 10.2 Å². The van der Waals surface area contributed by atoms with E-state index in [4.69, 9.17) is 0 Å². The van der Waals surface area contributed by atoms with Crippen molar-refractivity contribution >= 4 is 11.7 Å². The minimum Gasteiger partial charge on any atom is -0.356 e. The number of piperidine rings is 1. The molecule has 1 aromatic heterocycles. The number of amides is 1. The van der Waals surface area contributed by atoms with Crippen LogP contribution in [0.5, 0.6) is 0 Å². The largest absolute Gasteiger partial charge is 0.433 e. The van der Waals surface area contributed by atoms with Crippen LogP contribution in [-0.2, 0) is 17.5 Å². The fraction of sp³-hybridized carbons (Fsp3) is 0.455. The van der Waals surface area contributed by atoms with Crippen LogP contribution in [0.1, 0.15) is 49.4 Å². The van der Waals surface area contributed by atoms with Crippen LogP contribution in [0.3, 0.4) is 0 Å².